The van der Waals surface area contributed by atoms with Gasteiger partial charge in [0.2, 0.25) is 11.8 Å². The fraction of sp³-hybridized carbons (Fsp3) is 0.526. The number of hydrogen-bond acceptors (Lipinski definition) is 6. The van der Waals surface area contributed by atoms with Gasteiger partial charge in [0.05, 0.1) is 5.60 Å². The normalized spacial score (nSPS) is 28.6. The van der Waals surface area contributed by atoms with Crippen molar-refractivity contribution in [1.82, 2.24) is 15.1 Å². The van der Waals surface area contributed by atoms with Gasteiger partial charge in [-0.2, -0.15) is 0 Å². The van der Waals surface area contributed by atoms with Gasteiger partial charge in [-0.05, 0) is 30.0 Å². The molecular formula is C19H24N4O4. The molecule has 3 amide bonds. The zero-order valence-corrected chi connectivity index (χ0v) is 15.1. The summed E-state index contributed by atoms with van der Waals surface area (Å²) in [6, 6.07) is 5.02. The van der Waals surface area contributed by atoms with Gasteiger partial charge >= 0.3 is 0 Å². The Hall–Kier alpha value is -2.29. The van der Waals surface area contributed by atoms with Crippen LogP contribution in [0.5, 0.6) is 0 Å². The minimum absolute atomic E-state index is 0.166. The third kappa shape index (κ3) is 3.24. The highest BCUT2D eigenvalue weighted by molar-refractivity contribution is 6.05. The van der Waals surface area contributed by atoms with E-state index in [0.717, 1.165) is 17.7 Å². The molecule has 4 rings (SSSR count). The molecule has 1 aromatic carbocycles. The van der Waals surface area contributed by atoms with Crippen LogP contribution < -0.4 is 11.1 Å². The van der Waals surface area contributed by atoms with E-state index in [1.807, 2.05) is 12.1 Å². The van der Waals surface area contributed by atoms with Crippen molar-refractivity contribution in [3.05, 3.63) is 34.9 Å². The van der Waals surface area contributed by atoms with Crippen LogP contribution in [0.15, 0.2) is 18.2 Å². The second-order valence-electron chi connectivity index (χ2n) is 7.73. The van der Waals surface area contributed by atoms with Crippen molar-refractivity contribution in [3.63, 3.8) is 0 Å². The molecule has 1 aromatic rings. The minimum Gasteiger partial charge on any atom is -0.387 e. The zero-order valence-electron chi connectivity index (χ0n) is 15.1. The zero-order chi connectivity index (χ0) is 19.2. The number of carbonyl (C=O) groups is 3. The Morgan fingerprint density at radius 1 is 1.30 bits per heavy atom. The Bertz CT molecular complexity index is 811. The van der Waals surface area contributed by atoms with Gasteiger partial charge in [0.1, 0.15) is 6.04 Å². The lowest BCUT2D eigenvalue weighted by Gasteiger charge is -2.29. The summed E-state index contributed by atoms with van der Waals surface area (Å²) in [6.07, 6.45) is 1.24. The van der Waals surface area contributed by atoms with Gasteiger partial charge in [0, 0.05) is 44.7 Å². The first-order valence-electron chi connectivity index (χ1n) is 9.30. The summed E-state index contributed by atoms with van der Waals surface area (Å²) >= 11 is 0. The maximum atomic E-state index is 12.9. The van der Waals surface area contributed by atoms with Crippen LogP contribution in [0.25, 0.3) is 0 Å². The summed E-state index contributed by atoms with van der Waals surface area (Å²) in [5, 5.41) is 12.7. The van der Waals surface area contributed by atoms with Crippen molar-refractivity contribution >= 4 is 17.7 Å². The Morgan fingerprint density at radius 3 is 2.81 bits per heavy atom. The summed E-state index contributed by atoms with van der Waals surface area (Å²) in [6.45, 7) is 2.49. The topological polar surface area (TPSA) is 116 Å². The van der Waals surface area contributed by atoms with E-state index >= 15 is 0 Å². The number of nitrogens with two attached hydrogens (primary N) is 1. The van der Waals surface area contributed by atoms with E-state index in [2.05, 4.69) is 10.2 Å². The molecular weight excluding hydrogens is 348 g/mol. The monoisotopic (exact) mass is 372 g/mol. The number of likely N-dealkylation sites (tertiary alicyclic amines) is 1. The molecule has 2 unspecified atom stereocenters. The number of piperidine rings is 1. The molecule has 3 heterocycles. The van der Waals surface area contributed by atoms with Gasteiger partial charge in [-0.1, -0.05) is 12.1 Å². The van der Waals surface area contributed by atoms with Crippen molar-refractivity contribution in [2.24, 2.45) is 5.73 Å². The van der Waals surface area contributed by atoms with E-state index in [4.69, 9.17) is 5.73 Å². The van der Waals surface area contributed by atoms with E-state index in [-0.39, 0.29) is 24.8 Å². The number of β-amino-alcohol motifs (C(OH)–C–C–N with tert-alkyl or cyclic N) is 1. The number of imide groups is 1. The van der Waals surface area contributed by atoms with Crippen LogP contribution in [0.4, 0.5) is 0 Å². The van der Waals surface area contributed by atoms with Gasteiger partial charge in [-0.25, -0.2) is 0 Å². The number of nitrogens with one attached hydrogen (secondary N) is 1. The average Bonchev–Trinajstić information content (AvgIpc) is 3.17. The highest BCUT2D eigenvalue weighted by Crippen LogP contribution is 2.31. The van der Waals surface area contributed by atoms with E-state index in [0.29, 0.717) is 38.0 Å². The van der Waals surface area contributed by atoms with Crippen LogP contribution in [-0.2, 0) is 22.7 Å². The van der Waals surface area contributed by atoms with Gasteiger partial charge in [0.15, 0.2) is 0 Å². The van der Waals surface area contributed by atoms with E-state index in [1.54, 1.807) is 11.0 Å². The maximum absolute atomic E-state index is 12.9. The number of rotatable bonds is 4. The van der Waals surface area contributed by atoms with Crippen LogP contribution in [0.3, 0.4) is 0 Å². The Morgan fingerprint density at radius 2 is 2.11 bits per heavy atom. The fourth-order valence-corrected chi connectivity index (χ4v) is 4.28. The van der Waals surface area contributed by atoms with E-state index in [1.165, 1.54) is 0 Å². The molecule has 0 radical (unpaired) electrons. The number of nitrogens with zero attached hydrogens (tertiary/aromatic N) is 2. The molecule has 3 aliphatic heterocycles. The van der Waals surface area contributed by atoms with Crippen molar-refractivity contribution in [1.29, 1.82) is 0 Å². The van der Waals surface area contributed by atoms with Gasteiger partial charge < -0.3 is 15.7 Å². The highest BCUT2D eigenvalue weighted by atomic mass is 16.3. The molecule has 0 bridgehead atoms. The molecule has 4 N–H and O–H groups in total. The molecule has 8 heteroatoms. The van der Waals surface area contributed by atoms with Gasteiger partial charge in [0.25, 0.3) is 5.91 Å². The SMILES string of the molecule is NCC1(O)CCN(Cc2cccc3c2CN(C2CCC(=O)NC2=O)C3=O)C1. The number of aliphatic hydroxyl groups is 1. The summed E-state index contributed by atoms with van der Waals surface area (Å²) in [7, 11) is 0. The Kier molecular flexibility index (Phi) is 4.49. The first-order chi connectivity index (χ1) is 12.9. The Labute approximate surface area is 157 Å². The van der Waals surface area contributed by atoms with Gasteiger partial charge in [-0.3, -0.25) is 24.6 Å². The average molecular weight is 372 g/mol. The Balaban J connectivity index is 1.53. The van der Waals surface area contributed by atoms with Crippen LogP contribution in [0.1, 0.15) is 40.7 Å². The fourth-order valence-electron chi connectivity index (χ4n) is 4.28. The molecule has 2 fully saturated rings. The van der Waals surface area contributed by atoms with Crippen LogP contribution in [-0.4, -0.2) is 63.9 Å². The lowest BCUT2D eigenvalue weighted by molar-refractivity contribution is -0.136. The molecule has 2 saturated heterocycles. The lowest BCUT2D eigenvalue weighted by atomic mass is 10.0. The van der Waals surface area contributed by atoms with Crippen molar-refractivity contribution in [2.45, 2.75) is 44.0 Å². The van der Waals surface area contributed by atoms with Crippen LogP contribution >= 0.6 is 0 Å². The quantitative estimate of drug-likeness (QED) is 0.605. The van der Waals surface area contributed by atoms with E-state index in [9.17, 15) is 19.5 Å². The lowest BCUT2D eigenvalue weighted by Crippen LogP contribution is -2.52. The minimum atomic E-state index is -0.841. The molecule has 0 aromatic heterocycles. The predicted molar refractivity (Wildman–Crippen MR) is 96.4 cm³/mol. The predicted octanol–water partition coefficient (Wildman–Crippen LogP) is -0.657. The largest absolute Gasteiger partial charge is 0.387 e. The number of amides is 3. The summed E-state index contributed by atoms with van der Waals surface area (Å²) in [5.41, 5.74) is 7.39. The standard InChI is InChI=1S/C19H24N4O4/c20-10-19(27)6-7-22(11-19)8-12-2-1-3-13-14(12)9-23(18(13)26)15-4-5-16(24)21-17(15)25/h1-3,15,27H,4-11,20H2,(H,21,24,25). The van der Waals surface area contributed by atoms with Crippen molar-refractivity contribution in [3.8, 4) is 0 Å². The summed E-state index contributed by atoms with van der Waals surface area (Å²) in [5.74, 6) is -0.856. The molecule has 0 saturated carbocycles. The van der Waals surface area contributed by atoms with Crippen LogP contribution in [0, 0.1) is 0 Å². The molecule has 2 atom stereocenters. The van der Waals surface area contributed by atoms with Crippen LogP contribution in [0.2, 0.25) is 0 Å². The third-order valence-corrected chi connectivity index (χ3v) is 5.86. The van der Waals surface area contributed by atoms with E-state index < -0.39 is 17.6 Å². The molecule has 3 aliphatic rings. The maximum Gasteiger partial charge on any atom is 0.255 e. The third-order valence-electron chi connectivity index (χ3n) is 5.86. The molecule has 8 nitrogen and oxygen atoms in total. The smallest absolute Gasteiger partial charge is 0.255 e. The number of hydrogen-bond donors (Lipinski definition) is 3. The second-order valence-corrected chi connectivity index (χ2v) is 7.73. The van der Waals surface area contributed by atoms with Crippen molar-refractivity contribution < 1.29 is 19.5 Å². The number of fused-ring (bicyclic) bond motifs is 1. The first-order valence-corrected chi connectivity index (χ1v) is 9.30. The molecule has 144 valence electrons. The summed E-state index contributed by atoms with van der Waals surface area (Å²) < 4.78 is 0. The highest BCUT2D eigenvalue weighted by Gasteiger charge is 2.40. The molecule has 0 spiro atoms. The van der Waals surface area contributed by atoms with Crippen molar-refractivity contribution in [2.75, 3.05) is 19.6 Å². The number of carbonyl (C=O) groups excluding carboxylic acids is 3. The second kappa shape index (κ2) is 6.70. The first kappa shape index (κ1) is 18.1. The summed E-state index contributed by atoms with van der Waals surface area (Å²) in [4.78, 5) is 40.1. The number of benzene rings is 1. The molecule has 27 heavy (non-hydrogen) atoms. The van der Waals surface area contributed by atoms with Gasteiger partial charge in [-0.15, -0.1) is 0 Å². The molecule has 0 aliphatic carbocycles.